The van der Waals surface area contributed by atoms with E-state index in [4.69, 9.17) is 4.42 Å². The van der Waals surface area contributed by atoms with E-state index in [1.165, 1.54) is 32.1 Å². The average Bonchev–Trinajstić information content (AvgIpc) is 2.86. The molecule has 1 saturated carbocycles. The van der Waals surface area contributed by atoms with Crippen LogP contribution in [0.3, 0.4) is 0 Å². The van der Waals surface area contributed by atoms with Crippen LogP contribution >= 0.6 is 0 Å². The van der Waals surface area contributed by atoms with E-state index in [1.807, 2.05) is 0 Å². The molecule has 0 aliphatic heterocycles. The Bertz CT molecular complexity index is 416. The molecule has 0 aromatic carbocycles. The molecule has 2 N–H and O–H groups in total. The molecule has 0 spiro atoms. The SMILES string of the molecule is CC1CCC(CCNc2nnc(CNC(C)(C)C)o2)CC1. The first-order chi connectivity index (χ1) is 9.92. The summed E-state index contributed by atoms with van der Waals surface area (Å²) >= 11 is 0. The topological polar surface area (TPSA) is 63.0 Å². The molecule has 1 aromatic heterocycles. The van der Waals surface area contributed by atoms with Crippen LogP contribution in [-0.4, -0.2) is 22.3 Å². The third kappa shape index (κ3) is 6.04. The van der Waals surface area contributed by atoms with Crippen LogP contribution in [-0.2, 0) is 6.54 Å². The van der Waals surface area contributed by atoms with Crippen molar-refractivity contribution in [2.75, 3.05) is 11.9 Å². The van der Waals surface area contributed by atoms with E-state index >= 15 is 0 Å². The molecule has 2 rings (SSSR count). The summed E-state index contributed by atoms with van der Waals surface area (Å²) in [7, 11) is 0. The fourth-order valence-corrected chi connectivity index (χ4v) is 2.74. The second kappa shape index (κ2) is 7.25. The summed E-state index contributed by atoms with van der Waals surface area (Å²) in [4.78, 5) is 0. The quantitative estimate of drug-likeness (QED) is 0.839. The maximum atomic E-state index is 5.59. The van der Waals surface area contributed by atoms with Gasteiger partial charge in [0.25, 0.3) is 0 Å². The molecule has 0 bridgehead atoms. The molecule has 0 saturated heterocycles. The monoisotopic (exact) mass is 294 g/mol. The van der Waals surface area contributed by atoms with E-state index in [0.29, 0.717) is 18.5 Å². The largest absolute Gasteiger partial charge is 0.407 e. The number of nitrogens with zero attached hydrogens (tertiary/aromatic N) is 2. The summed E-state index contributed by atoms with van der Waals surface area (Å²) in [5.74, 6) is 2.42. The predicted octanol–water partition coefficient (Wildman–Crippen LogP) is 3.59. The highest BCUT2D eigenvalue weighted by molar-refractivity contribution is 5.16. The molecule has 0 amide bonds. The van der Waals surface area contributed by atoms with E-state index in [1.54, 1.807) is 0 Å². The molecule has 1 aliphatic rings. The summed E-state index contributed by atoms with van der Waals surface area (Å²) < 4.78 is 5.59. The summed E-state index contributed by atoms with van der Waals surface area (Å²) in [5.41, 5.74) is 0.0557. The molecule has 0 radical (unpaired) electrons. The summed E-state index contributed by atoms with van der Waals surface area (Å²) in [6, 6.07) is 0.546. The van der Waals surface area contributed by atoms with Crippen LogP contribution in [0.1, 0.15) is 65.7 Å². The number of rotatable bonds is 6. The first-order valence-electron chi connectivity index (χ1n) is 8.23. The Morgan fingerprint density at radius 1 is 1.14 bits per heavy atom. The number of anilines is 1. The first kappa shape index (κ1) is 16.3. The van der Waals surface area contributed by atoms with Gasteiger partial charge in [-0.3, -0.25) is 0 Å². The van der Waals surface area contributed by atoms with Crippen molar-refractivity contribution in [3.63, 3.8) is 0 Å². The molecule has 0 atom stereocenters. The molecule has 5 nitrogen and oxygen atoms in total. The normalized spacial score (nSPS) is 23.2. The van der Waals surface area contributed by atoms with Crippen LogP contribution in [0.15, 0.2) is 4.42 Å². The van der Waals surface area contributed by atoms with Crippen LogP contribution in [0.5, 0.6) is 0 Å². The Morgan fingerprint density at radius 3 is 2.52 bits per heavy atom. The van der Waals surface area contributed by atoms with Crippen molar-refractivity contribution >= 4 is 6.01 Å². The summed E-state index contributed by atoms with van der Waals surface area (Å²) in [6.07, 6.45) is 6.70. The lowest BCUT2D eigenvalue weighted by Crippen LogP contribution is -2.35. The molecule has 1 aromatic rings. The number of hydrogen-bond acceptors (Lipinski definition) is 5. The minimum absolute atomic E-state index is 0.0557. The fraction of sp³-hybridized carbons (Fsp3) is 0.875. The maximum Gasteiger partial charge on any atom is 0.315 e. The van der Waals surface area contributed by atoms with Crippen LogP contribution < -0.4 is 10.6 Å². The zero-order chi connectivity index (χ0) is 15.3. The van der Waals surface area contributed by atoms with Gasteiger partial charge in [-0.2, -0.15) is 0 Å². The Hall–Kier alpha value is -1.10. The number of aromatic nitrogens is 2. The molecule has 120 valence electrons. The first-order valence-corrected chi connectivity index (χ1v) is 8.23. The molecule has 1 aliphatic carbocycles. The van der Waals surface area contributed by atoms with Crippen LogP contribution in [0.4, 0.5) is 6.01 Å². The smallest absolute Gasteiger partial charge is 0.315 e. The van der Waals surface area contributed by atoms with Gasteiger partial charge in [0.2, 0.25) is 5.89 Å². The van der Waals surface area contributed by atoms with Crippen molar-refractivity contribution in [3.05, 3.63) is 5.89 Å². The Kier molecular flexibility index (Phi) is 5.62. The van der Waals surface area contributed by atoms with Crippen molar-refractivity contribution in [2.45, 2.75) is 71.9 Å². The van der Waals surface area contributed by atoms with Gasteiger partial charge in [-0.15, -0.1) is 5.10 Å². The van der Waals surface area contributed by atoms with Gasteiger partial charge in [-0.1, -0.05) is 37.7 Å². The lowest BCUT2D eigenvalue weighted by Gasteiger charge is -2.25. The van der Waals surface area contributed by atoms with Crippen LogP contribution in [0, 0.1) is 11.8 Å². The molecule has 1 fully saturated rings. The molecule has 0 unspecified atom stereocenters. The average molecular weight is 294 g/mol. The lowest BCUT2D eigenvalue weighted by atomic mass is 9.81. The highest BCUT2D eigenvalue weighted by Crippen LogP contribution is 2.30. The molecule has 21 heavy (non-hydrogen) atoms. The van der Waals surface area contributed by atoms with Gasteiger partial charge >= 0.3 is 6.01 Å². The molecular formula is C16H30N4O. The van der Waals surface area contributed by atoms with Gasteiger partial charge in [0.1, 0.15) is 0 Å². The Morgan fingerprint density at radius 2 is 1.86 bits per heavy atom. The lowest BCUT2D eigenvalue weighted by molar-refractivity contribution is 0.281. The highest BCUT2D eigenvalue weighted by Gasteiger charge is 2.18. The van der Waals surface area contributed by atoms with Gasteiger partial charge in [-0.25, -0.2) is 0 Å². The summed E-state index contributed by atoms with van der Waals surface area (Å²) in [5, 5.41) is 14.7. The zero-order valence-electron chi connectivity index (χ0n) is 13.9. The predicted molar refractivity (Wildman–Crippen MR) is 85.1 cm³/mol. The summed E-state index contributed by atoms with van der Waals surface area (Å²) in [6.45, 7) is 10.3. The van der Waals surface area contributed by atoms with E-state index < -0.39 is 0 Å². The fourth-order valence-electron chi connectivity index (χ4n) is 2.74. The van der Waals surface area contributed by atoms with Crippen molar-refractivity contribution in [1.82, 2.24) is 15.5 Å². The third-order valence-corrected chi connectivity index (χ3v) is 4.20. The van der Waals surface area contributed by atoms with Gasteiger partial charge in [-0.05, 0) is 39.0 Å². The molecular weight excluding hydrogens is 264 g/mol. The van der Waals surface area contributed by atoms with Gasteiger partial charge in [0.05, 0.1) is 6.54 Å². The van der Waals surface area contributed by atoms with Crippen molar-refractivity contribution in [3.8, 4) is 0 Å². The number of hydrogen-bond donors (Lipinski definition) is 2. The second-order valence-electron chi connectivity index (χ2n) is 7.45. The second-order valence-corrected chi connectivity index (χ2v) is 7.45. The minimum atomic E-state index is 0.0557. The van der Waals surface area contributed by atoms with Crippen molar-refractivity contribution < 1.29 is 4.42 Å². The van der Waals surface area contributed by atoms with Crippen LogP contribution in [0.25, 0.3) is 0 Å². The van der Waals surface area contributed by atoms with Crippen LogP contribution in [0.2, 0.25) is 0 Å². The minimum Gasteiger partial charge on any atom is -0.407 e. The van der Waals surface area contributed by atoms with Crippen molar-refractivity contribution in [1.29, 1.82) is 0 Å². The zero-order valence-corrected chi connectivity index (χ0v) is 13.9. The Labute approximate surface area is 128 Å². The standard InChI is InChI=1S/C16H30N4O/c1-12-5-7-13(8-6-12)9-10-17-15-20-19-14(21-15)11-18-16(2,3)4/h12-13,18H,5-11H2,1-4H3,(H,17,20). The molecule has 5 heteroatoms. The van der Waals surface area contributed by atoms with Gasteiger partial charge in [0.15, 0.2) is 0 Å². The highest BCUT2D eigenvalue weighted by atomic mass is 16.4. The van der Waals surface area contributed by atoms with Crippen molar-refractivity contribution in [2.24, 2.45) is 11.8 Å². The van der Waals surface area contributed by atoms with Gasteiger partial charge in [0, 0.05) is 12.1 Å². The van der Waals surface area contributed by atoms with E-state index in [0.717, 1.165) is 18.4 Å². The molecule has 1 heterocycles. The maximum absolute atomic E-state index is 5.59. The van der Waals surface area contributed by atoms with E-state index in [-0.39, 0.29) is 5.54 Å². The Balaban J connectivity index is 1.66. The number of nitrogens with one attached hydrogen (secondary N) is 2. The van der Waals surface area contributed by atoms with E-state index in [9.17, 15) is 0 Å². The van der Waals surface area contributed by atoms with E-state index in [2.05, 4.69) is 48.5 Å². The third-order valence-electron chi connectivity index (χ3n) is 4.20. The van der Waals surface area contributed by atoms with Gasteiger partial charge < -0.3 is 15.1 Å².